The maximum atomic E-state index is 12.4. The monoisotopic (exact) mass is 312 g/mol. The summed E-state index contributed by atoms with van der Waals surface area (Å²) in [6.07, 6.45) is 0.462. The van der Waals surface area contributed by atoms with Crippen molar-refractivity contribution in [2.75, 3.05) is 19.7 Å². The van der Waals surface area contributed by atoms with Gasteiger partial charge >= 0.3 is 0 Å². The van der Waals surface area contributed by atoms with Gasteiger partial charge in [0.05, 0.1) is 13.0 Å². The molecular weight excluding hydrogens is 288 g/mol. The smallest absolute Gasteiger partial charge is 0.227 e. The van der Waals surface area contributed by atoms with Crippen LogP contribution in [0.5, 0.6) is 5.75 Å². The van der Waals surface area contributed by atoms with Gasteiger partial charge in [-0.1, -0.05) is 12.1 Å². The Morgan fingerprint density at radius 3 is 2.62 bits per heavy atom. The molecule has 1 fully saturated rings. The molecule has 0 bridgehead atoms. The van der Waals surface area contributed by atoms with Gasteiger partial charge < -0.3 is 15.0 Å². The van der Waals surface area contributed by atoms with E-state index in [2.05, 4.69) is 19.2 Å². The second-order valence-electron chi connectivity index (χ2n) is 5.32. The van der Waals surface area contributed by atoms with Crippen LogP contribution in [0.15, 0.2) is 24.3 Å². The summed E-state index contributed by atoms with van der Waals surface area (Å²) in [5.41, 5.74) is 1.04. The molecule has 118 valence electrons. The third-order valence-corrected chi connectivity index (χ3v) is 3.94. The van der Waals surface area contributed by atoms with E-state index in [1.807, 2.05) is 36.1 Å². The molecule has 5 heteroatoms. The van der Waals surface area contributed by atoms with Crippen LogP contribution in [0.2, 0.25) is 0 Å². The molecule has 1 aliphatic heterocycles. The lowest BCUT2D eigenvalue weighted by atomic mass is 10.0. The van der Waals surface area contributed by atoms with Crippen molar-refractivity contribution >= 4 is 18.3 Å². The Morgan fingerprint density at radius 2 is 2.00 bits per heavy atom. The second kappa shape index (κ2) is 8.25. The second-order valence-corrected chi connectivity index (χ2v) is 5.32. The van der Waals surface area contributed by atoms with E-state index in [-0.39, 0.29) is 24.4 Å². The highest BCUT2D eigenvalue weighted by atomic mass is 35.5. The molecule has 1 saturated heterocycles. The van der Waals surface area contributed by atoms with Crippen molar-refractivity contribution in [3.05, 3.63) is 29.8 Å². The van der Waals surface area contributed by atoms with Gasteiger partial charge in [-0.15, -0.1) is 12.4 Å². The predicted molar refractivity (Wildman–Crippen MR) is 87.2 cm³/mol. The van der Waals surface area contributed by atoms with E-state index in [0.717, 1.165) is 24.4 Å². The molecule has 1 amide bonds. The average Bonchev–Trinajstić information content (AvgIpc) is 2.44. The van der Waals surface area contributed by atoms with E-state index in [4.69, 9.17) is 4.74 Å². The lowest BCUT2D eigenvalue weighted by Crippen LogP contribution is -2.57. The normalized spacial score (nSPS) is 21.6. The highest BCUT2D eigenvalue weighted by molar-refractivity contribution is 5.85. The van der Waals surface area contributed by atoms with Crippen LogP contribution >= 0.6 is 12.4 Å². The van der Waals surface area contributed by atoms with Crippen LogP contribution < -0.4 is 10.1 Å². The fraction of sp³-hybridized carbons (Fsp3) is 0.562. The van der Waals surface area contributed by atoms with Gasteiger partial charge in [-0.05, 0) is 38.5 Å². The van der Waals surface area contributed by atoms with E-state index >= 15 is 0 Å². The lowest BCUT2D eigenvalue weighted by Gasteiger charge is -2.38. The summed E-state index contributed by atoms with van der Waals surface area (Å²) in [7, 11) is 0. The number of carbonyl (C=O) groups is 1. The minimum absolute atomic E-state index is 0. The van der Waals surface area contributed by atoms with E-state index in [9.17, 15) is 4.79 Å². The van der Waals surface area contributed by atoms with Gasteiger partial charge in [0.2, 0.25) is 5.91 Å². The fourth-order valence-electron chi connectivity index (χ4n) is 2.55. The Labute approximate surface area is 133 Å². The molecule has 0 aliphatic carbocycles. The molecule has 2 unspecified atom stereocenters. The molecule has 0 spiro atoms. The first-order valence-corrected chi connectivity index (χ1v) is 7.36. The van der Waals surface area contributed by atoms with E-state index in [0.29, 0.717) is 19.1 Å². The van der Waals surface area contributed by atoms with Crippen LogP contribution in [0.3, 0.4) is 0 Å². The van der Waals surface area contributed by atoms with Crippen LogP contribution in [0, 0.1) is 0 Å². The number of hydrogen-bond acceptors (Lipinski definition) is 3. The zero-order valence-electron chi connectivity index (χ0n) is 13.0. The number of hydrogen-bond donors (Lipinski definition) is 1. The van der Waals surface area contributed by atoms with Crippen molar-refractivity contribution in [1.29, 1.82) is 0 Å². The van der Waals surface area contributed by atoms with Crippen LogP contribution in [-0.4, -0.2) is 42.6 Å². The zero-order chi connectivity index (χ0) is 14.5. The fourth-order valence-corrected chi connectivity index (χ4v) is 2.55. The summed E-state index contributed by atoms with van der Waals surface area (Å²) in [5, 5.41) is 3.39. The molecule has 1 aromatic rings. The van der Waals surface area contributed by atoms with Crippen molar-refractivity contribution in [3.8, 4) is 5.75 Å². The maximum absolute atomic E-state index is 12.4. The molecule has 0 aromatic heterocycles. The number of piperazine rings is 1. The summed E-state index contributed by atoms with van der Waals surface area (Å²) < 4.78 is 5.41. The summed E-state index contributed by atoms with van der Waals surface area (Å²) >= 11 is 0. The number of halogens is 1. The topological polar surface area (TPSA) is 41.6 Å². The average molecular weight is 313 g/mol. The number of carbonyl (C=O) groups excluding carboxylic acids is 1. The summed E-state index contributed by atoms with van der Waals surface area (Å²) in [4.78, 5) is 14.4. The SMILES string of the molecule is CCOc1ccc(CC(=O)N2CCNC(C)C2C)cc1.Cl. The van der Waals surface area contributed by atoms with Gasteiger partial charge in [-0.2, -0.15) is 0 Å². The highest BCUT2D eigenvalue weighted by Gasteiger charge is 2.27. The first kappa shape index (κ1) is 17.8. The molecule has 4 nitrogen and oxygen atoms in total. The molecule has 2 rings (SSSR count). The quantitative estimate of drug-likeness (QED) is 0.927. The van der Waals surface area contributed by atoms with Gasteiger partial charge in [0, 0.05) is 25.2 Å². The zero-order valence-corrected chi connectivity index (χ0v) is 13.8. The summed E-state index contributed by atoms with van der Waals surface area (Å²) in [6, 6.07) is 8.40. The largest absolute Gasteiger partial charge is 0.494 e. The van der Waals surface area contributed by atoms with Crippen LogP contribution in [-0.2, 0) is 11.2 Å². The number of rotatable bonds is 4. The Kier molecular flexibility index (Phi) is 6.99. The van der Waals surface area contributed by atoms with Gasteiger partial charge in [-0.3, -0.25) is 4.79 Å². The van der Waals surface area contributed by atoms with Gasteiger partial charge in [0.15, 0.2) is 0 Å². The molecule has 1 heterocycles. The van der Waals surface area contributed by atoms with Crippen LogP contribution in [0.25, 0.3) is 0 Å². The van der Waals surface area contributed by atoms with Crippen molar-refractivity contribution in [2.45, 2.75) is 39.3 Å². The van der Waals surface area contributed by atoms with Gasteiger partial charge in [0.25, 0.3) is 0 Å². The molecule has 0 saturated carbocycles. The first-order chi connectivity index (χ1) is 9.61. The minimum Gasteiger partial charge on any atom is -0.494 e. The first-order valence-electron chi connectivity index (χ1n) is 7.36. The number of nitrogens with one attached hydrogen (secondary N) is 1. The van der Waals surface area contributed by atoms with Crippen LogP contribution in [0.1, 0.15) is 26.3 Å². The van der Waals surface area contributed by atoms with Gasteiger partial charge in [0.1, 0.15) is 5.75 Å². The summed E-state index contributed by atoms with van der Waals surface area (Å²) in [6.45, 7) is 8.52. The standard InChI is InChI=1S/C16H24N2O2.ClH/c1-4-20-15-7-5-14(6-8-15)11-16(19)18-10-9-17-12(2)13(18)3;/h5-8,12-13,17H,4,9-11H2,1-3H3;1H. The Morgan fingerprint density at radius 1 is 1.33 bits per heavy atom. The molecule has 1 N–H and O–H groups in total. The van der Waals surface area contributed by atoms with Crippen molar-refractivity contribution in [2.24, 2.45) is 0 Å². The highest BCUT2D eigenvalue weighted by Crippen LogP contribution is 2.15. The van der Waals surface area contributed by atoms with Crippen molar-refractivity contribution in [3.63, 3.8) is 0 Å². The third kappa shape index (κ3) is 4.61. The molecule has 1 aromatic carbocycles. The number of benzene rings is 1. The minimum atomic E-state index is 0. The van der Waals surface area contributed by atoms with Crippen LogP contribution in [0.4, 0.5) is 0 Å². The van der Waals surface area contributed by atoms with E-state index in [1.165, 1.54) is 0 Å². The Hall–Kier alpha value is -1.26. The molecular formula is C16H25ClN2O2. The van der Waals surface area contributed by atoms with E-state index in [1.54, 1.807) is 0 Å². The summed E-state index contributed by atoms with van der Waals surface area (Å²) in [5.74, 6) is 1.06. The third-order valence-electron chi connectivity index (χ3n) is 3.94. The number of nitrogens with zero attached hydrogens (tertiary/aromatic N) is 1. The van der Waals surface area contributed by atoms with Gasteiger partial charge in [-0.25, -0.2) is 0 Å². The Bertz CT molecular complexity index is 450. The number of ether oxygens (including phenoxy) is 1. The van der Waals surface area contributed by atoms with Crippen molar-refractivity contribution < 1.29 is 9.53 Å². The molecule has 1 aliphatic rings. The predicted octanol–water partition coefficient (Wildman–Crippen LogP) is 2.26. The number of amides is 1. The molecule has 21 heavy (non-hydrogen) atoms. The lowest BCUT2D eigenvalue weighted by molar-refractivity contribution is -0.134. The Balaban J connectivity index is 0.00000220. The maximum Gasteiger partial charge on any atom is 0.227 e. The van der Waals surface area contributed by atoms with Crippen molar-refractivity contribution in [1.82, 2.24) is 10.2 Å². The van der Waals surface area contributed by atoms with E-state index < -0.39 is 0 Å². The molecule has 2 atom stereocenters. The molecule has 0 radical (unpaired) electrons.